The summed E-state index contributed by atoms with van der Waals surface area (Å²) < 4.78 is 43.8. The Morgan fingerprint density at radius 3 is 1.22 bits per heavy atom. The second kappa shape index (κ2) is 20.6. The molecule has 1 aliphatic rings. The first-order chi connectivity index (χ1) is 31.7. The van der Waals surface area contributed by atoms with Crippen LogP contribution in [0, 0.1) is 0 Å². The maximum Gasteiger partial charge on any atom is 0.350 e. The van der Waals surface area contributed by atoms with Gasteiger partial charge >= 0.3 is 47.8 Å². The van der Waals surface area contributed by atoms with Gasteiger partial charge in [0.2, 0.25) is 34.6 Å². The Balaban J connectivity index is 1.44. The minimum atomic E-state index is -2.16. The van der Waals surface area contributed by atoms with Gasteiger partial charge in [-0.05, 0) is 91.1 Å². The number of hydrogen-bond acceptors (Lipinski definition) is 17. The highest BCUT2D eigenvalue weighted by molar-refractivity contribution is 6.09. The zero-order chi connectivity index (χ0) is 50.4. The molecule has 1 fully saturated rings. The molecule has 0 bridgehead atoms. The first kappa shape index (κ1) is 51.6. The molecule has 1 heterocycles. The van der Waals surface area contributed by atoms with Crippen LogP contribution < -0.4 is 0 Å². The minimum absolute atomic E-state index is 0.275. The van der Waals surface area contributed by atoms with Crippen molar-refractivity contribution in [2.45, 2.75) is 129 Å². The Morgan fingerprint density at radius 2 is 0.765 bits per heavy atom. The summed E-state index contributed by atoms with van der Waals surface area (Å²) in [5.41, 5.74) is -6.94. The highest BCUT2D eigenvalue weighted by Gasteiger charge is 2.46. The molecule has 1 saturated heterocycles. The molecular weight excluding hydrogens is 885 g/mol. The van der Waals surface area contributed by atoms with Crippen LogP contribution in [-0.4, -0.2) is 100 Å². The number of carbonyl (C=O) groups excluding carboxylic acids is 9. The molecule has 4 aromatic rings. The number of carbonyl (C=O) groups is 9. The Hall–Kier alpha value is -7.43. The fraction of sp³-hybridized carbons (Fsp3) is 0.392. The van der Waals surface area contributed by atoms with Crippen LogP contribution in [0.2, 0.25) is 0 Å². The maximum atomic E-state index is 13.9. The molecule has 68 heavy (non-hydrogen) atoms. The average Bonchev–Trinajstić information content (AvgIpc) is 3.27. The molecule has 17 nitrogen and oxygen atoms in total. The van der Waals surface area contributed by atoms with Crippen LogP contribution in [0.15, 0.2) is 97.1 Å². The summed E-state index contributed by atoms with van der Waals surface area (Å²) in [4.78, 5) is 122. The molecule has 0 saturated carbocycles. The topological polar surface area (TPSA) is 227 Å². The van der Waals surface area contributed by atoms with Gasteiger partial charge in [0, 0.05) is 24.0 Å². The third kappa shape index (κ3) is 12.9. The fourth-order valence-corrected chi connectivity index (χ4v) is 6.40. The highest BCUT2D eigenvalue weighted by atomic mass is 16.7. The fourth-order valence-electron chi connectivity index (χ4n) is 6.40. The predicted molar refractivity (Wildman–Crippen MR) is 239 cm³/mol. The van der Waals surface area contributed by atoms with Gasteiger partial charge in [0.1, 0.15) is 0 Å². The standard InChI is InChI=1S/C51H54O17/c1-29-40(53)65-50(7,8)46(59)63-37(27-31-20-24-35(25-21-31)39(52)34-17-12-11-13-18-34)42(55)67-48(3,4)44(57)61-30(2)41(54)66-51(9,10)47(60)64-38(43(56)68-49(5,6)45(58)62-29)28-32-22-23-33-16-14-15-19-36(33)26-32/h11-26,29-30,37-38H,27-28H2,1-10H3. The molecule has 0 aliphatic carbocycles. The Bertz CT molecular complexity index is 2590. The van der Waals surface area contributed by atoms with Crippen molar-refractivity contribution >= 4 is 64.3 Å². The van der Waals surface area contributed by atoms with Crippen LogP contribution in [-0.2, 0) is 89.1 Å². The summed E-state index contributed by atoms with van der Waals surface area (Å²) >= 11 is 0. The largest absolute Gasteiger partial charge is 0.448 e. The lowest BCUT2D eigenvalue weighted by molar-refractivity contribution is -0.205. The third-order valence-corrected chi connectivity index (χ3v) is 10.6. The predicted octanol–water partition coefficient (Wildman–Crippen LogP) is 5.84. The molecule has 360 valence electrons. The summed E-state index contributed by atoms with van der Waals surface area (Å²) in [5, 5.41) is 1.68. The van der Waals surface area contributed by atoms with Gasteiger partial charge in [-0.15, -0.1) is 0 Å². The van der Waals surface area contributed by atoms with E-state index in [0.29, 0.717) is 22.3 Å². The van der Waals surface area contributed by atoms with E-state index in [1.165, 1.54) is 24.3 Å². The average molecular weight is 939 g/mol. The number of ether oxygens (including phenoxy) is 8. The van der Waals surface area contributed by atoms with Gasteiger partial charge in [-0.1, -0.05) is 97.1 Å². The van der Waals surface area contributed by atoms with E-state index in [1.54, 1.807) is 48.5 Å². The summed E-state index contributed by atoms with van der Waals surface area (Å²) in [6, 6.07) is 27.1. The van der Waals surface area contributed by atoms with Crippen molar-refractivity contribution in [3.8, 4) is 0 Å². The van der Waals surface area contributed by atoms with Gasteiger partial charge in [0.25, 0.3) is 0 Å². The molecule has 0 amide bonds. The van der Waals surface area contributed by atoms with E-state index < -0.39 is 94.6 Å². The summed E-state index contributed by atoms with van der Waals surface area (Å²) in [5.74, 6) is -10.2. The Morgan fingerprint density at radius 1 is 0.412 bits per heavy atom. The van der Waals surface area contributed by atoms with Gasteiger partial charge in [0.15, 0.2) is 18.0 Å². The van der Waals surface area contributed by atoms with E-state index in [2.05, 4.69) is 0 Å². The molecule has 0 aromatic heterocycles. The Labute approximate surface area is 392 Å². The molecule has 0 radical (unpaired) electrons. The molecule has 17 heteroatoms. The monoisotopic (exact) mass is 938 g/mol. The van der Waals surface area contributed by atoms with Crippen molar-refractivity contribution in [3.63, 3.8) is 0 Å². The highest BCUT2D eigenvalue weighted by Crippen LogP contribution is 2.26. The van der Waals surface area contributed by atoms with E-state index in [0.717, 1.165) is 80.0 Å². The van der Waals surface area contributed by atoms with Crippen molar-refractivity contribution in [3.05, 3.63) is 119 Å². The summed E-state index contributed by atoms with van der Waals surface area (Å²) in [6.07, 6.45) is -7.65. The normalized spacial score (nSPS) is 22.9. The molecule has 5 rings (SSSR count). The van der Waals surface area contributed by atoms with E-state index in [-0.39, 0.29) is 18.6 Å². The number of fused-ring (bicyclic) bond motifs is 1. The quantitative estimate of drug-likeness (QED) is 0.126. The number of hydrogen-bond donors (Lipinski definition) is 0. The van der Waals surface area contributed by atoms with E-state index in [1.807, 2.05) is 24.3 Å². The molecule has 4 atom stereocenters. The van der Waals surface area contributed by atoms with Gasteiger partial charge in [0.05, 0.1) is 0 Å². The van der Waals surface area contributed by atoms with E-state index in [4.69, 9.17) is 37.9 Å². The van der Waals surface area contributed by atoms with Crippen LogP contribution in [0.5, 0.6) is 0 Å². The zero-order valence-electron chi connectivity index (χ0n) is 39.4. The van der Waals surface area contributed by atoms with Gasteiger partial charge in [-0.25, -0.2) is 38.4 Å². The summed E-state index contributed by atoms with van der Waals surface area (Å²) in [7, 11) is 0. The van der Waals surface area contributed by atoms with Crippen LogP contribution in [0.4, 0.5) is 0 Å². The van der Waals surface area contributed by atoms with Crippen molar-refractivity contribution in [2.75, 3.05) is 0 Å². The van der Waals surface area contributed by atoms with Crippen LogP contribution in [0.1, 0.15) is 96.3 Å². The number of cyclic esters (lactones) is 8. The molecular formula is C51H54O17. The van der Waals surface area contributed by atoms with Crippen molar-refractivity contribution in [1.29, 1.82) is 0 Å². The van der Waals surface area contributed by atoms with Crippen LogP contribution in [0.25, 0.3) is 10.8 Å². The Kier molecular flexibility index (Phi) is 15.6. The van der Waals surface area contributed by atoms with E-state index in [9.17, 15) is 43.2 Å². The maximum absolute atomic E-state index is 13.9. The number of benzene rings is 4. The van der Waals surface area contributed by atoms with Gasteiger partial charge in [-0.3, -0.25) is 4.79 Å². The zero-order valence-corrected chi connectivity index (χ0v) is 39.4. The molecule has 0 N–H and O–H groups in total. The smallest absolute Gasteiger partial charge is 0.350 e. The SMILES string of the molecule is CC1OC(=O)C(C)(C)OC(=O)C(Cc2ccc(C(=O)c3ccccc3)cc2)OC(=O)C(C)(C)OC(=O)C(C)OC(=O)C(C)(C)OC(=O)C(Cc2ccc3ccccc3c2)OC(=O)C(C)(C)OC1=O. The number of rotatable bonds is 6. The first-order valence-corrected chi connectivity index (χ1v) is 21.6. The first-order valence-electron chi connectivity index (χ1n) is 21.6. The van der Waals surface area contributed by atoms with Crippen LogP contribution in [0.3, 0.4) is 0 Å². The van der Waals surface area contributed by atoms with E-state index >= 15 is 0 Å². The third-order valence-electron chi connectivity index (χ3n) is 10.6. The number of esters is 8. The van der Waals surface area contributed by atoms with Crippen LogP contribution >= 0.6 is 0 Å². The number of ketones is 1. The van der Waals surface area contributed by atoms with Crippen molar-refractivity contribution < 1.29 is 81.0 Å². The lowest BCUT2D eigenvalue weighted by atomic mass is 10.00. The van der Waals surface area contributed by atoms with Gasteiger partial charge < -0.3 is 37.9 Å². The molecule has 4 aromatic carbocycles. The lowest BCUT2D eigenvalue weighted by Crippen LogP contribution is -2.49. The molecule has 4 unspecified atom stereocenters. The van der Waals surface area contributed by atoms with Gasteiger partial charge in [-0.2, -0.15) is 0 Å². The minimum Gasteiger partial charge on any atom is -0.448 e. The second-order valence-corrected chi connectivity index (χ2v) is 18.1. The lowest BCUT2D eigenvalue weighted by Gasteiger charge is -2.31. The summed E-state index contributed by atoms with van der Waals surface area (Å²) in [6.45, 7) is 11.5. The second-order valence-electron chi connectivity index (χ2n) is 18.1. The van der Waals surface area contributed by atoms with Crippen molar-refractivity contribution in [1.82, 2.24) is 0 Å². The molecule has 1 aliphatic heterocycles. The van der Waals surface area contributed by atoms with Crippen molar-refractivity contribution in [2.24, 2.45) is 0 Å². The molecule has 0 spiro atoms.